The van der Waals surface area contributed by atoms with Gasteiger partial charge >= 0.3 is 18.2 Å². The number of ketones is 1. The Morgan fingerprint density at radius 1 is 1.04 bits per heavy atom. The maximum atomic E-state index is 12.2. The molecule has 2 rings (SSSR count). The zero-order chi connectivity index (χ0) is 20.7. The molecule has 0 aromatic heterocycles. The van der Waals surface area contributed by atoms with Crippen molar-refractivity contribution in [2.75, 3.05) is 13.2 Å². The minimum Gasteiger partial charge on any atom is -0.456 e. The normalized spacial score (nSPS) is 12.8. The smallest absolute Gasteiger partial charge is 0.405 e. The van der Waals surface area contributed by atoms with Gasteiger partial charge in [-0.3, -0.25) is 19.7 Å². The largest absolute Gasteiger partial charge is 0.456 e. The van der Waals surface area contributed by atoms with Gasteiger partial charge in [0.2, 0.25) is 0 Å². The van der Waals surface area contributed by atoms with Gasteiger partial charge in [0.15, 0.2) is 12.4 Å². The number of rotatable bonds is 7. The van der Waals surface area contributed by atoms with Crippen molar-refractivity contribution >= 4 is 23.7 Å². The molecule has 152 valence electrons. The number of Topliss-reactive ketones (excluding diaryl/α,β-unsaturated/α-hetero) is 1. The van der Waals surface area contributed by atoms with E-state index in [0.29, 0.717) is 5.56 Å². The van der Waals surface area contributed by atoms with Crippen molar-refractivity contribution in [3.05, 3.63) is 34.9 Å². The second-order valence-electron chi connectivity index (χ2n) is 6.27. The van der Waals surface area contributed by atoms with Gasteiger partial charge in [0.05, 0.1) is 6.42 Å². The van der Waals surface area contributed by atoms with Crippen molar-refractivity contribution in [2.24, 2.45) is 0 Å². The lowest BCUT2D eigenvalue weighted by atomic mass is 10.0. The fourth-order valence-electron chi connectivity index (χ4n) is 2.71. The van der Waals surface area contributed by atoms with Gasteiger partial charge in [-0.2, -0.15) is 13.2 Å². The van der Waals surface area contributed by atoms with Crippen LogP contribution in [0.4, 0.5) is 18.0 Å². The molecule has 1 aromatic carbocycles. The first-order valence-corrected chi connectivity index (χ1v) is 8.59. The van der Waals surface area contributed by atoms with Gasteiger partial charge < -0.3 is 10.1 Å². The lowest BCUT2D eigenvalue weighted by Crippen LogP contribution is -2.44. The summed E-state index contributed by atoms with van der Waals surface area (Å²) in [5.41, 5.74) is 2.86. The van der Waals surface area contributed by atoms with Crippen LogP contribution in [0.15, 0.2) is 18.2 Å². The Kier molecular flexibility index (Phi) is 7.13. The topological polar surface area (TPSA) is 102 Å². The van der Waals surface area contributed by atoms with E-state index in [-0.39, 0.29) is 18.6 Å². The number of ether oxygens (including phenoxy) is 1. The fraction of sp³-hybridized carbons (Fsp3) is 0.444. The third-order valence-electron chi connectivity index (χ3n) is 4.04. The molecule has 0 atom stereocenters. The number of carbonyl (C=O) groups is 4. The molecule has 28 heavy (non-hydrogen) atoms. The molecule has 0 spiro atoms. The van der Waals surface area contributed by atoms with Gasteiger partial charge in [-0.15, -0.1) is 0 Å². The number of urea groups is 1. The molecule has 3 amide bonds. The molecule has 7 nitrogen and oxygen atoms in total. The maximum absolute atomic E-state index is 12.2. The minimum atomic E-state index is -4.61. The number of nitrogens with one attached hydrogen (secondary N) is 2. The second-order valence-corrected chi connectivity index (χ2v) is 6.27. The first kappa shape index (κ1) is 21.4. The van der Waals surface area contributed by atoms with Crippen LogP contribution in [0, 0.1) is 0 Å². The molecule has 1 aromatic rings. The zero-order valence-corrected chi connectivity index (χ0v) is 14.9. The summed E-state index contributed by atoms with van der Waals surface area (Å²) in [6, 6.07) is 4.08. The quantitative estimate of drug-likeness (QED) is 0.539. The Balaban J connectivity index is 1.67. The summed E-state index contributed by atoms with van der Waals surface area (Å²) in [5.74, 6) is -2.15. The SMILES string of the molecule is O=C(COC(=O)CCC(=O)c1ccc2c(c1)CCC2)NC(=O)NCC(F)(F)F. The Bertz CT molecular complexity index is 777. The molecule has 0 saturated carbocycles. The van der Waals surface area contributed by atoms with Crippen molar-refractivity contribution in [3.8, 4) is 0 Å². The molecule has 0 aliphatic heterocycles. The Morgan fingerprint density at radius 2 is 1.75 bits per heavy atom. The van der Waals surface area contributed by atoms with Gasteiger partial charge in [0, 0.05) is 12.0 Å². The highest BCUT2D eigenvalue weighted by molar-refractivity contribution is 5.98. The average Bonchev–Trinajstić information content (AvgIpc) is 3.10. The Morgan fingerprint density at radius 3 is 2.46 bits per heavy atom. The molecule has 0 unspecified atom stereocenters. The molecule has 0 radical (unpaired) electrons. The molecule has 0 fully saturated rings. The van der Waals surface area contributed by atoms with Gasteiger partial charge in [-0.1, -0.05) is 12.1 Å². The van der Waals surface area contributed by atoms with E-state index in [1.165, 1.54) is 10.9 Å². The molecule has 1 aliphatic carbocycles. The van der Waals surface area contributed by atoms with E-state index in [9.17, 15) is 32.3 Å². The molecule has 2 N–H and O–H groups in total. The standard InChI is InChI=1S/C18H19F3N2O5/c19-18(20,21)10-22-17(27)23-15(25)9-28-16(26)7-6-14(24)13-5-4-11-2-1-3-12(11)8-13/h4-5,8H,1-3,6-7,9-10H2,(H2,22,23,25,27). The first-order valence-electron chi connectivity index (χ1n) is 8.59. The van der Waals surface area contributed by atoms with Gasteiger partial charge in [0.25, 0.3) is 5.91 Å². The van der Waals surface area contributed by atoms with Crippen molar-refractivity contribution < 1.29 is 37.1 Å². The van der Waals surface area contributed by atoms with Crippen molar-refractivity contribution in [2.45, 2.75) is 38.3 Å². The summed E-state index contributed by atoms with van der Waals surface area (Å²) in [6.45, 7) is -2.44. The fourth-order valence-corrected chi connectivity index (χ4v) is 2.71. The number of amides is 3. The highest BCUT2D eigenvalue weighted by atomic mass is 19.4. The highest BCUT2D eigenvalue weighted by Gasteiger charge is 2.28. The second kappa shape index (κ2) is 9.34. The number of benzene rings is 1. The van der Waals surface area contributed by atoms with Crippen LogP contribution in [-0.2, 0) is 27.2 Å². The van der Waals surface area contributed by atoms with Crippen molar-refractivity contribution in [3.63, 3.8) is 0 Å². The third kappa shape index (κ3) is 7.01. The van der Waals surface area contributed by atoms with E-state index in [2.05, 4.69) is 4.74 Å². The van der Waals surface area contributed by atoms with E-state index < -0.39 is 37.2 Å². The van der Waals surface area contributed by atoms with Crippen LogP contribution >= 0.6 is 0 Å². The summed E-state index contributed by atoms with van der Waals surface area (Å²) in [7, 11) is 0. The van der Waals surface area contributed by atoms with E-state index in [4.69, 9.17) is 0 Å². The molecule has 1 aliphatic rings. The van der Waals surface area contributed by atoms with Crippen molar-refractivity contribution in [1.82, 2.24) is 10.6 Å². The van der Waals surface area contributed by atoms with Crippen LogP contribution in [-0.4, -0.2) is 43.0 Å². The van der Waals surface area contributed by atoms with Gasteiger partial charge in [-0.25, -0.2) is 4.79 Å². The third-order valence-corrected chi connectivity index (χ3v) is 4.04. The Labute approximate surface area is 158 Å². The number of fused-ring (bicyclic) bond motifs is 1. The molecule has 0 bridgehead atoms. The monoisotopic (exact) mass is 400 g/mol. The van der Waals surface area contributed by atoms with Crippen LogP contribution in [0.3, 0.4) is 0 Å². The molecule has 0 heterocycles. The van der Waals surface area contributed by atoms with Gasteiger partial charge in [-0.05, 0) is 36.5 Å². The molecular weight excluding hydrogens is 381 g/mol. The number of hydrogen-bond acceptors (Lipinski definition) is 5. The van der Waals surface area contributed by atoms with Crippen LogP contribution in [0.25, 0.3) is 0 Å². The van der Waals surface area contributed by atoms with Crippen LogP contribution in [0.2, 0.25) is 0 Å². The van der Waals surface area contributed by atoms with E-state index >= 15 is 0 Å². The summed E-state index contributed by atoms with van der Waals surface area (Å²) < 4.78 is 40.4. The number of halogens is 3. The lowest BCUT2D eigenvalue weighted by Gasteiger charge is -2.09. The van der Waals surface area contributed by atoms with Gasteiger partial charge in [0.1, 0.15) is 6.54 Å². The number of imide groups is 1. The number of hydrogen-bond donors (Lipinski definition) is 2. The predicted molar refractivity (Wildman–Crippen MR) is 90.6 cm³/mol. The first-order chi connectivity index (χ1) is 13.1. The van der Waals surface area contributed by atoms with E-state index in [1.54, 1.807) is 11.4 Å². The van der Waals surface area contributed by atoms with E-state index in [1.807, 2.05) is 12.1 Å². The molecular formula is C18H19F3N2O5. The van der Waals surface area contributed by atoms with Crippen LogP contribution in [0.5, 0.6) is 0 Å². The maximum Gasteiger partial charge on any atom is 0.405 e. The number of aryl methyl sites for hydroxylation is 2. The number of alkyl halides is 3. The number of carbonyl (C=O) groups excluding carboxylic acids is 4. The Hall–Kier alpha value is -2.91. The highest BCUT2D eigenvalue weighted by Crippen LogP contribution is 2.23. The van der Waals surface area contributed by atoms with Crippen LogP contribution < -0.4 is 10.6 Å². The van der Waals surface area contributed by atoms with E-state index in [0.717, 1.165) is 24.8 Å². The number of esters is 1. The lowest BCUT2D eigenvalue weighted by molar-refractivity contribution is -0.148. The predicted octanol–water partition coefficient (Wildman–Crippen LogP) is 2.07. The summed E-state index contributed by atoms with van der Waals surface area (Å²) in [5, 5.41) is 3.03. The average molecular weight is 400 g/mol. The van der Waals surface area contributed by atoms with Crippen LogP contribution in [0.1, 0.15) is 40.7 Å². The molecule has 10 heteroatoms. The summed E-state index contributed by atoms with van der Waals surface area (Å²) in [4.78, 5) is 46.2. The molecule has 0 saturated heterocycles. The zero-order valence-electron chi connectivity index (χ0n) is 14.9. The minimum absolute atomic E-state index is 0.106. The summed E-state index contributed by atoms with van der Waals surface area (Å²) in [6.07, 6.45) is -2.01. The summed E-state index contributed by atoms with van der Waals surface area (Å²) >= 11 is 0. The van der Waals surface area contributed by atoms with Crippen molar-refractivity contribution in [1.29, 1.82) is 0 Å².